The van der Waals surface area contributed by atoms with Crippen LogP contribution in [0.1, 0.15) is 45.4 Å². The van der Waals surface area contributed by atoms with E-state index >= 15 is 0 Å². The van der Waals surface area contributed by atoms with Crippen molar-refractivity contribution in [2.45, 2.75) is 81.0 Å². The summed E-state index contributed by atoms with van der Waals surface area (Å²) in [6.45, 7) is 0.550. The zero-order valence-corrected chi connectivity index (χ0v) is 20.5. The third-order valence-corrected chi connectivity index (χ3v) is 4.03. The van der Waals surface area contributed by atoms with Crippen LogP contribution in [-0.4, -0.2) is 62.0 Å². The molecule has 0 bridgehead atoms. The SMILES string of the molecule is [CH2-]CCOCC(F)(F)CC(F)(F)C(F)(F)CC(F)(F)C(F)(F)CC(F)(F)COCCCC.[Y]. The molecule has 0 spiro atoms. The van der Waals surface area contributed by atoms with Crippen LogP contribution in [0.2, 0.25) is 0 Å². The van der Waals surface area contributed by atoms with Crippen LogP contribution in [0.5, 0.6) is 0 Å². The van der Waals surface area contributed by atoms with Gasteiger partial charge >= 0.3 is 23.7 Å². The van der Waals surface area contributed by atoms with Crippen molar-refractivity contribution in [1.82, 2.24) is 0 Å². The maximum atomic E-state index is 13.7. The Morgan fingerprint density at radius 2 is 0.909 bits per heavy atom. The number of hydrogen-bond acceptors (Lipinski definition) is 2. The molecule has 0 amide bonds. The molecule has 15 heteroatoms. The van der Waals surface area contributed by atoms with Gasteiger partial charge in [-0.1, -0.05) is 13.3 Å². The summed E-state index contributed by atoms with van der Waals surface area (Å²) >= 11 is 0. The van der Waals surface area contributed by atoms with E-state index in [1.54, 1.807) is 6.92 Å². The molecule has 0 rings (SSSR count). The predicted octanol–water partition coefficient (Wildman–Crippen LogP) is 7.02. The summed E-state index contributed by atoms with van der Waals surface area (Å²) in [6, 6.07) is 0. The van der Waals surface area contributed by atoms with Gasteiger partial charge in [0.25, 0.3) is 11.8 Å². The monoisotopic (exact) mass is 590 g/mol. The van der Waals surface area contributed by atoms with E-state index in [1.165, 1.54) is 0 Å². The van der Waals surface area contributed by atoms with E-state index in [9.17, 15) is 52.7 Å². The van der Waals surface area contributed by atoms with Gasteiger partial charge in [-0.25, -0.2) is 17.6 Å². The standard InChI is InChI=1S/C18H25F12O2.Y/c1-3-5-7-32-12-14(21,22)9-16(25,26)18(29,30)10-17(27,28)15(23,24)8-13(19,20)11-31-6-4-2;/h2-12H2,1H3;/q-1;. The van der Waals surface area contributed by atoms with Gasteiger partial charge in [-0.2, -0.15) is 41.5 Å². The van der Waals surface area contributed by atoms with E-state index in [0.29, 0.717) is 6.42 Å². The van der Waals surface area contributed by atoms with Crippen molar-refractivity contribution >= 4 is 0 Å². The fourth-order valence-electron chi connectivity index (χ4n) is 2.34. The molecule has 33 heavy (non-hydrogen) atoms. The molecule has 0 aliphatic heterocycles. The Hall–Kier alpha value is 0.184. The summed E-state index contributed by atoms with van der Waals surface area (Å²) in [4.78, 5) is 0. The minimum Gasteiger partial charge on any atom is -0.378 e. The first kappa shape index (κ1) is 35.3. The van der Waals surface area contributed by atoms with Gasteiger partial charge in [-0.15, -0.1) is 0 Å². The molecule has 0 unspecified atom stereocenters. The molecule has 0 atom stereocenters. The number of ether oxygens (including phenoxy) is 2. The van der Waals surface area contributed by atoms with E-state index in [-0.39, 0.29) is 52.2 Å². The Labute approximate surface area is 209 Å². The summed E-state index contributed by atoms with van der Waals surface area (Å²) < 4.78 is 172. The van der Waals surface area contributed by atoms with E-state index in [0.717, 1.165) is 0 Å². The second kappa shape index (κ2) is 13.5. The van der Waals surface area contributed by atoms with Gasteiger partial charge in [0.15, 0.2) is 0 Å². The number of alkyl halides is 12. The van der Waals surface area contributed by atoms with Crippen molar-refractivity contribution in [1.29, 1.82) is 0 Å². The van der Waals surface area contributed by atoms with Gasteiger partial charge in [0.1, 0.15) is 13.2 Å². The number of halogens is 12. The maximum absolute atomic E-state index is 13.7. The van der Waals surface area contributed by atoms with E-state index in [1.807, 2.05) is 0 Å². The number of unbranched alkanes of at least 4 members (excludes halogenated alkanes) is 1. The average Bonchev–Trinajstić information content (AvgIpc) is 2.55. The molecular formula is C18H25F12O2Y-. The molecule has 0 aromatic heterocycles. The van der Waals surface area contributed by atoms with Crippen molar-refractivity contribution in [2.24, 2.45) is 0 Å². The quantitative estimate of drug-likeness (QED) is 0.103. The van der Waals surface area contributed by atoms with Crippen LogP contribution < -0.4 is 0 Å². The zero-order valence-electron chi connectivity index (χ0n) is 17.7. The van der Waals surface area contributed by atoms with Crippen LogP contribution >= 0.6 is 0 Å². The molecule has 0 aromatic rings. The first-order chi connectivity index (χ1) is 14.2. The van der Waals surface area contributed by atoms with E-state index < -0.39 is 74.6 Å². The van der Waals surface area contributed by atoms with Crippen molar-refractivity contribution < 1.29 is 94.9 Å². The van der Waals surface area contributed by atoms with Crippen molar-refractivity contribution in [2.75, 3.05) is 26.4 Å². The number of rotatable bonds is 17. The molecule has 0 aromatic carbocycles. The minimum absolute atomic E-state index is 0. The molecule has 197 valence electrons. The molecule has 0 saturated heterocycles. The second-order valence-electron chi connectivity index (χ2n) is 7.37. The Morgan fingerprint density at radius 1 is 0.576 bits per heavy atom. The Morgan fingerprint density at radius 3 is 1.24 bits per heavy atom. The number of hydrogen-bond donors (Lipinski definition) is 0. The summed E-state index contributed by atoms with van der Waals surface area (Å²) in [5.41, 5.74) is 0. The van der Waals surface area contributed by atoms with E-state index in [4.69, 9.17) is 0 Å². The first-order valence-electron chi connectivity index (χ1n) is 9.46. The predicted molar refractivity (Wildman–Crippen MR) is 90.1 cm³/mol. The van der Waals surface area contributed by atoms with Crippen LogP contribution in [-0.2, 0) is 42.2 Å². The molecule has 0 heterocycles. The molecule has 0 saturated carbocycles. The smallest absolute Gasteiger partial charge is 0.316 e. The van der Waals surface area contributed by atoms with Crippen LogP contribution in [0, 0.1) is 6.92 Å². The first-order valence-corrected chi connectivity index (χ1v) is 9.46. The Bertz CT molecular complexity index is 559. The van der Waals surface area contributed by atoms with Crippen molar-refractivity contribution in [3.63, 3.8) is 0 Å². The summed E-state index contributed by atoms with van der Waals surface area (Å²) in [7, 11) is 0. The Kier molecular flexibility index (Phi) is 14.4. The average molecular weight is 590 g/mol. The van der Waals surface area contributed by atoms with Crippen LogP contribution in [0.3, 0.4) is 0 Å². The molecule has 0 aliphatic carbocycles. The van der Waals surface area contributed by atoms with Crippen LogP contribution in [0.4, 0.5) is 52.7 Å². The summed E-state index contributed by atoms with van der Waals surface area (Å²) in [5.74, 6) is -33.1. The third kappa shape index (κ3) is 12.1. The van der Waals surface area contributed by atoms with Crippen LogP contribution in [0.15, 0.2) is 0 Å². The topological polar surface area (TPSA) is 18.5 Å². The van der Waals surface area contributed by atoms with Gasteiger partial charge < -0.3 is 16.4 Å². The molecular weight excluding hydrogens is 565 g/mol. The molecule has 0 fully saturated rings. The molecule has 0 N–H and O–H groups in total. The Balaban J connectivity index is 0. The third-order valence-electron chi connectivity index (χ3n) is 4.03. The van der Waals surface area contributed by atoms with Crippen molar-refractivity contribution in [3.05, 3.63) is 6.92 Å². The maximum Gasteiger partial charge on any atom is 0.316 e. The van der Waals surface area contributed by atoms with Gasteiger partial charge in [-0.3, -0.25) is 0 Å². The zero-order chi connectivity index (χ0) is 25.5. The minimum atomic E-state index is -6.08. The fraction of sp³-hybridized carbons (Fsp3) is 0.944. The second-order valence-corrected chi connectivity index (χ2v) is 7.37. The molecule has 2 nitrogen and oxygen atoms in total. The fourth-order valence-corrected chi connectivity index (χ4v) is 2.34. The summed E-state index contributed by atoms with van der Waals surface area (Å²) in [5, 5.41) is 0. The van der Waals surface area contributed by atoms with E-state index in [2.05, 4.69) is 16.4 Å². The molecule has 0 aliphatic rings. The van der Waals surface area contributed by atoms with Gasteiger partial charge in [0.05, 0.1) is 19.3 Å². The van der Waals surface area contributed by atoms with Gasteiger partial charge in [0.2, 0.25) is 0 Å². The largest absolute Gasteiger partial charge is 0.378 e. The van der Waals surface area contributed by atoms with Gasteiger partial charge in [0, 0.05) is 45.9 Å². The van der Waals surface area contributed by atoms with Crippen molar-refractivity contribution in [3.8, 4) is 0 Å². The summed E-state index contributed by atoms with van der Waals surface area (Å²) in [6.07, 6.45) is -8.96. The molecule has 1 radical (unpaired) electrons. The van der Waals surface area contributed by atoms with Gasteiger partial charge in [-0.05, 0) is 6.42 Å². The van der Waals surface area contributed by atoms with Crippen LogP contribution in [0.25, 0.3) is 0 Å². The normalized spacial score (nSPS) is 14.4.